The Morgan fingerprint density at radius 2 is 1.55 bits per heavy atom. The first-order chi connectivity index (χ1) is 15.1. The van der Waals surface area contributed by atoms with Crippen molar-refractivity contribution in [2.24, 2.45) is 0 Å². The van der Waals surface area contributed by atoms with E-state index in [2.05, 4.69) is 15.6 Å². The molecule has 0 saturated heterocycles. The molecule has 0 bridgehead atoms. The number of rotatable bonds is 6. The first-order valence-corrected chi connectivity index (χ1v) is 9.41. The van der Waals surface area contributed by atoms with E-state index in [1.807, 2.05) is 36.4 Å². The van der Waals surface area contributed by atoms with Crippen molar-refractivity contribution in [1.82, 2.24) is 20.3 Å². The summed E-state index contributed by atoms with van der Waals surface area (Å²) >= 11 is 0. The van der Waals surface area contributed by atoms with E-state index in [-0.39, 0.29) is 11.6 Å². The van der Waals surface area contributed by atoms with E-state index in [1.165, 1.54) is 12.1 Å². The van der Waals surface area contributed by atoms with E-state index in [0.29, 0.717) is 22.5 Å². The fourth-order valence-electron chi connectivity index (χ4n) is 2.94. The largest absolute Gasteiger partial charge is 0.321 e. The second-order valence-corrected chi connectivity index (χ2v) is 6.61. The van der Waals surface area contributed by atoms with E-state index in [0.717, 1.165) is 5.69 Å². The van der Waals surface area contributed by atoms with Gasteiger partial charge in [0.1, 0.15) is 5.69 Å². The van der Waals surface area contributed by atoms with Gasteiger partial charge in [0.15, 0.2) is 0 Å². The highest BCUT2D eigenvalue weighted by Gasteiger charge is 2.13. The summed E-state index contributed by atoms with van der Waals surface area (Å²) in [6, 6.07) is 24.2. The molecule has 1 N–H and O–H groups in total. The van der Waals surface area contributed by atoms with Gasteiger partial charge in [-0.25, -0.2) is 4.68 Å². The van der Waals surface area contributed by atoms with Crippen LogP contribution in [0.3, 0.4) is 0 Å². The highest BCUT2D eigenvalue weighted by atomic mass is 16.6. The number of amides is 1. The predicted molar refractivity (Wildman–Crippen MR) is 116 cm³/mol. The summed E-state index contributed by atoms with van der Waals surface area (Å²) in [6.45, 7) is 0. The Hall–Kier alpha value is -4.59. The Kier molecular flexibility index (Phi) is 5.62. The van der Waals surface area contributed by atoms with Gasteiger partial charge in [-0.15, -0.1) is 5.10 Å². The Labute approximate surface area is 177 Å². The minimum atomic E-state index is -0.471. The van der Waals surface area contributed by atoms with Gasteiger partial charge in [-0.2, -0.15) is 0 Å². The molecule has 0 atom stereocenters. The number of hydrogen-bond acceptors (Lipinski definition) is 5. The van der Waals surface area contributed by atoms with Crippen molar-refractivity contribution in [2.45, 2.75) is 0 Å². The number of nitro benzene ring substituents is 1. The molecule has 3 aromatic carbocycles. The van der Waals surface area contributed by atoms with Crippen LogP contribution in [0.1, 0.15) is 21.6 Å². The monoisotopic (exact) mass is 411 g/mol. The molecule has 0 aliphatic rings. The molecule has 1 amide bonds. The summed E-state index contributed by atoms with van der Waals surface area (Å²) in [6.07, 6.45) is 3.41. The fraction of sp³-hybridized carbons (Fsp3) is 0. The van der Waals surface area contributed by atoms with Crippen LogP contribution in [0.4, 0.5) is 5.69 Å². The number of nitrogens with zero attached hydrogens (tertiary/aromatic N) is 4. The fourth-order valence-corrected chi connectivity index (χ4v) is 2.94. The van der Waals surface area contributed by atoms with Crippen LogP contribution in [0, 0.1) is 10.1 Å². The average Bonchev–Trinajstić information content (AvgIpc) is 3.28. The molecule has 4 aromatic rings. The highest BCUT2D eigenvalue weighted by molar-refractivity contribution is 6.01. The molecular weight excluding hydrogens is 394 g/mol. The zero-order chi connectivity index (χ0) is 21.6. The van der Waals surface area contributed by atoms with Gasteiger partial charge in [0.05, 0.1) is 22.5 Å². The first kappa shape index (κ1) is 19.7. The number of para-hydroxylation sites is 1. The van der Waals surface area contributed by atoms with Crippen molar-refractivity contribution in [3.8, 4) is 5.69 Å². The summed E-state index contributed by atoms with van der Waals surface area (Å²) in [5.74, 6) is -0.305. The van der Waals surface area contributed by atoms with Crippen molar-refractivity contribution in [3.05, 3.63) is 118 Å². The minimum Gasteiger partial charge on any atom is -0.321 e. The van der Waals surface area contributed by atoms with Crippen molar-refractivity contribution in [3.63, 3.8) is 0 Å². The standard InChI is InChI=1S/C23H17N5O3/c29-23(18-7-3-1-4-8-18)24-22(17-11-13-21(14-12-17)28(30)31)15-19-16-27(26-25-19)20-9-5-2-6-10-20/h1-16H,(H,24,29)/b22-15+. The van der Waals surface area contributed by atoms with Crippen LogP contribution < -0.4 is 5.32 Å². The smallest absolute Gasteiger partial charge is 0.269 e. The summed E-state index contributed by atoms with van der Waals surface area (Å²) in [5.41, 5.74) is 2.87. The molecular formula is C23H17N5O3. The zero-order valence-electron chi connectivity index (χ0n) is 16.3. The summed E-state index contributed by atoms with van der Waals surface area (Å²) < 4.78 is 1.62. The Morgan fingerprint density at radius 1 is 0.903 bits per heavy atom. The molecule has 1 heterocycles. The number of carbonyl (C=O) groups excluding carboxylic acids is 1. The molecule has 1 aromatic heterocycles. The van der Waals surface area contributed by atoms with Gasteiger partial charge in [-0.05, 0) is 48.0 Å². The Bertz CT molecular complexity index is 1230. The van der Waals surface area contributed by atoms with Crippen LogP contribution in [0.2, 0.25) is 0 Å². The molecule has 0 saturated carbocycles. The van der Waals surface area contributed by atoms with Gasteiger partial charge in [-0.1, -0.05) is 41.6 Å². The summed E-state index contributed by atoms with van der Waals surface area (Å²) in [7, 11) is 0. The number of nitrogens with one attached hydrogen (secondary N) is 1. The maximum absolute atomic E-state index is 12.7. The van der Waals surface area contributed by atoms with E-state index >= 15 is 0 Å². The quantitative estimate of drug-likeness (QED) is 0.380. The van der Waals surface area contributed by atoms with E-state index in [4.69, 9.17) is 0 Å². The van der Waals surface area contributed by atoms with Gasteiger partial charge in [0.25, 0.3) is 11.6 Å². The van der Waals surface area contributed by atoms with Crippen LogP contribution >= 0.6 is 0 Å². The third-order valence-corrected chi connectivity index (χ3v) is 4.50. The maximum atomic E-state index is 12.7. The lowest BCUT2D eigenvalue weighted by Gasteiger charge is -2.10. The summed E-state index contributed by atoms with van der Waals surface area (Å²) in [5, 5.41) is 22.1. The molecule has 31 heavy (non-hydrogen) atoms. The molecule has 0 aliphatic heterocycles. The van der Waals surface area contributed by atoms with E-state index < -0.39 is 4.92 Å². The third kappa shape index (κ3) is 4.70. The molecule has 152 valence electrons. The van der Waals surface area contributed by atoms with Crippen LogP contribution in [0.25, 0.3) is 17.5 Å². The van der Waals surface area contributed by atoms with Crippen LogP contribution in [0.5, 0.6) is 0 Å². The molecule has 8 heteroatoms. The van der Waals surface area contributed by atoms with E-state index in [9.17, 15) is 14.9 Å². The second-order valence-electron chi connectivity index (χ2n) is 6.61. The number of benzene rings is 3. The van der Waals surface area contributed by atoms with Gasteiger partial charge in [0, 0.05) is 17.7 Å². The highest BCUT2D eigenvalue weighted by Crippen LogP contribution is 2.20. The van der Waals surface area contributed by atoms with Crippen molar-refractivity contribution < 1.29 is 9.72 Å². The third-order valence-electron chi connectivity index (χ3n) is 4.50. The second kappa shape index (κ2) is 8.83. The molecule has 0 spiro atoms. The lowest BCUT2D eigenvalue weighted by Crippen LogP contribution is -2.21. The number of hydrogen-bond donors (Lipinski definition) is 1. The normalized spacial score (nSPS) is 11.2. The van der Waals surface area contributed by atoms with Crippen molar-refractivity contribution in [1.29, 1.82) is 0 Å². The lowest BCUT2D eigenvalue weighted by atomic mass is 10.1. The minimum absolute atomic E-state index is 0.0347. The van der Waals surface area contributed by atoms with Crippen LogP contribution in [0.15, 0.2) is 91.1 Å². The zero-order valence-corrected chi connectivity index (χ0v) is 16.3. The van der Waals surface area contributed by atoms with Crippen LogP contribution in [-0.4, -0.2) is 25.8 Å². The van der Waals surface area contributed by atoms with Crippen molar-refractivity contribution in [2.75, 3.05) is 0 Å². The molecule has 8 nitrogen and oxygen atoms in total. The van der Waals surface area contributed by atoms with Gasteiger partial charge in [-0.3, -0.25) is 14.9 Å². The Balaban J connectivity index is 1.68. The lowest BCUT2D eigenvalue weighted by molar-refractivity contribution is -0.384. The molecule has 4 rings (SSSR count). The van der Waals surface area contributed by atoms with Gasteiger partial charge >= 0.3 is 0 Å². The maximum Gasteiger partial charge on any atom is 0.269 e. The molecule has 0 aliphatic carbocycles. The van der Waals surface area contributed by atoms with Gasteiger partial charge in [0.2, 0.25) is 0 Å². The predicted octanol–water partition coefficient (Wildman–Crippen LogP) is 4.10. The molecule has 0 radical (unpaired) electrons. The average molecular weight is 411 g/mol. The summed E-state index contributed by atoms with van der Waals surface area (Å²) in [4.78, 5) is 23.2. The van der Waals surface area contributed by atoms with E-state index in [1.54, 1.807) is 53.4 Å². The number of non-ortho nitro benzene ring substituents is 1. The SMILES string of the molecule is O=C(N/C(=C/c1cn(-c2ccccc2)nn1)c1ccc([N+](=O)[O-])cc1)c1ccccc1. The van der Waals surface area contributed by atoms with Crippen molar-refractivity contribution >= 4 is 23.4 Å². The Morgan fingerprint density at radius 3 is 2.19 bits per heavy atom. The number of carbonyl (C=O) groups is 1. The van der Waals surface area contributed by atoms with Gasteiger partial charge < -0.3 is 5.32 Å². The first-order valence-electron chi connectivity index (χ1n) is 9.41. The topological polar surface area (TPSA) is 103 Å². The number of nitro groups is 1. The molecule has 0 fully saturated rings. The number of aromatic nitrogens is 3. The van der Waals surface area contributed by atoms with Crippen LogP contribution in [-0.2, 0) is 0 Å². The molecule has 0 unspecified atom stereocenters.